The minimum absolute atomic E-state index is 0.179. The number of nitrogens with zero attached hydrogens (tertiary/aromatic N) is 1. The van der Waals surface area contributed by atoms with Crippen LogP contribution in [0.5, 0.6) is 0 Å². The third kappa shape index (κ3) is 2.52. The molecule has 0 saturated heterocycles. The molecular weight excluding hydrogens is 248 g/mol. The Hall–Kier alpha value is -2.29. The Balaban J connectivity index is 1.69. The summed E-state index contributed by atoms with van der Waals surface area (Å²) in [5, 5.41) is 0. The minimum atomic E-state index is 0.179. The van der Waals surface area contributed by atoms with Gasteiger partial charge < -0.3 is 10.6 Å². The number of nitrogen functional groups attached to an aromatic ring is 1. The van der Waals surface area contributed by atoms with Crippen molar-refractivity contribution in [2.75, 3.05) is 17.2 Å². The van der Waals surface area contributed by atoms with Crippen LogP contribution in [0.15, 0.2) is 48.5 Å². The molecule has 0 aliphatic carbocycles. The van der Waals surface area contributed by atoms with Gasteiger partial charge in [0.05, 0.1) is 0 Å². The Morgan fingerprint density at radius 1 is 1.15 bits per heavy atom. The molecule has 1 heterocycles. The second kappa shape index (κ2) is 5.37. The third-order valence-electron chi connectivity index (χ3n) is 3.78. The highest BCUT2D eigenvalue weighted by molar-refractivity contribution is 5.96. The molecule has 2 N–H and O–H groups in total. The second-order valence-electron chi connectivity index (χ2n) is 5.17. The van der Waals surface area contributed by atoms with Gasteiger partial charge in [-0.2, -0.15) is 0 Å². The number of carbonyl (C=O) groups is 1. The average Bonchev–Trinajstić information content (AvgIpc) is 2.89. The van der Waals surface area contributed by atoms with E-state index in [-0.39, 0.29) is 5.91 Å². The van der Waals surface area contributed by atoms with E-state index in [0.29, 0.717) is 12.1 Å². The van der Waals surface area contributed by atoms with Crippen LogP contribution in [0.25, 0.3) is 0 Å². The van der Waals surface area contributed by atoms with E-state index in [1.54, 1.807) is 0 Å². The molecule has 2 aromatic rings. The van der Waals surface area contributed by atoms with Gasteiger partial charge in [-0.25, -0.2) is 0 Å². The van der Waals surface area contributed by atoms with Crippen molar-refractivity contribution in [3.05, 3.63) is 59.7 Å². The van der Waals surface area contributed by atoms with Gasteiger partial charge in [-0.1, -0.05) is 36.4 Å². The molecule has 1 amide bonds. The van der Waals surface area contributed by atoms with Crippen molar-refractivity contribution >= 4 is 17.3 Å². The fourth-order valence-corrected chi connectivity index (χ4v) is 2.69. The second-order valence-corrected chi connectivity index (χ2v) is 5.17. The number of carbonyl (C=O) groups excluding carboxylic acids is 1. The van der Waals surface area contributed by atoms with Gasteiger partial charge in [0.25, 0.3) is 0 Å². The highest BCUT2D eigenvalue weighted by atomic mass is 16.2. The van der Waals surface area contributed by atoms with Crippen molar-refractivity contribution < 1.29 is 4.79 Å². The topological polar surface area (TPSA) is 46.3 Å². The van der Waals surface area contributed by atoms with Crippen LogP contribution in [0.3, 0.4) is 0 Å². The lowest BCUT2D eigenvalue weighted by Gasteiger charge is -2.17. The van der Waals surface area contributed by atoms with E-state index in [1.165, 1.54) is 11.1 Å². The first-order chi connectivity index (χ1) is 9.74. The molecule has 1 aliphatic heterocycles. The normalized spacial score (nSPS) is 13.3. The Kier molecular flexibility index (Phi) is 3.42. The van der Waals surface area contributed by atoms with E-state index in [0.717, 1.165) is 25.1 Å². The number of benzene rings is 2. The highest BCUT2D eigenvalue weighted by Crippen LogP contribution is 2.30. The molecule has 0 radical (unpaired) electrons. The van der Waals surface area contributed by atoms with Crippen molar-refractivity contribution in [2.24, 2.45) is 0 Å². The largest absolute Gasteiger partial charge is 0.399 e. The number of anilines is 2. The van der Waals surface area contributed by atoms with E-state index in [4.69, 9.17) is 5.73 Å². The van der Waals surface area contributed by atoms with Gasteiger partial charge in [-0.05, 0) is 36.1 Å². The lowest BCUT2D eigenvalue weighted by Crippen LogP contribution is -2.29. The summed E-state index contributed by atoms with van der Waals surface area (Å²) in [7, 11) is 0. The molecular formula is C17H18N2O. The minimum Gasteiger partial charge on any atom is -0.399 e. The molecule has 102 valence electrons. The van der Waals surface area contributed by atoms with Gasteiger partial charge in [0.2, 0.25) is 5.91 Å². The van der Waals surface area contributed by atoms with Gasteiger partial charge in [-0.3, -0.25) is 4.79 Å². The first-order valence-corrected chi connectivity index (χ1v) is 6.97. The zero-order valence-corrected chi connectivity index (χ0v) is 11.4. The van der Waals surface area contributed by atoms with Crippen LogP contribution in [0.2, 0.25) is 0 Å². The van der Waals surface area contributed by atoms with Gasteiger partial charge in [-0.15, -0.1) is 0 Å². The fourth-order valence-electron chi connectivity index (χ4n) is 2.69. The molecule has 3 nitrogen and oxygen atoms in total. The standard InChI is InChI=1S/C17H18N2O/c18-15-8-7-14-10-11-19(16(14)12-15)17(20)9-6-13-4-2-1-3-5-13/h1-5,7-8,12H,6,9-11,18H2. The summed E-state index contributed by atoms with van der Waals surface area (Å²) in [6, 6.07) is 15.9. The molecule has 20 heavy (non-hydrogen) atoms. The molecule has 0 unspecified atom stereocenters. The maximum atomic E-state index is 12.4. The SMILES string of the molecule is Nc1ccc2c(c1)N(C(=O)CCc1ccccc1)CC2. The van der Waals surface area contributed by atoms with E-state index in [9.17, 15) is 4.79 Å². The molecule has 2 aromatic carbocycles. The van der Waals surface area contributed by atoms with Crippen molar-refractivity contribution in [3.8, 4) is 0 Å². The third-order valence-corrected chi connectivity index (χ3v) is 3.78. The lowest BCUT2D eigenvalue weighted by molar-refractivity contribution is -0.118. The van der Waals surface area contributed by atoms with Gasteiger partial charge >= 0.3 is 0 Å². The molecule has 0 aromatic heterocycles. The quantitative estimate of drug-likeness (QED) is 0.868. The van der Waals surface area contributed by atoms with Crippen LogP contribution < -0.4 is 10.6 Å². The molecule has 0 spiro atoms. The van der Waals surface area contributed by atoms with Gasteiger partial charge in [0.15, 0.2) is 0 Å². The Morgan fingerprint density at radius 2 is 1.95 bits per heavy atom. The first kappa shape index (κ1) is 12.7. The first-order valence-electron chi connectivity index (χ1n) is 6.97. The van der Waals surface area contributed by atoms with Gasteiger partial charge in [0, 0.05) is 24.3 Å². The number of rotatable bonds is 3. The summed E-state index contributed by atoms with van der Waals surface area (Å²) in [5.74, 6) is 0.179. The summed E-state index contributed by atoms with van der Waals surface area (Å²) >= 11 is 0. The van der Waals surface area contributed by atoms with Crippen LogP contribution >= 0.6 is 0 Å². The Morgan fingerprint density at radius 3 is 2.75 bits per heavy atom. The van der Waals surface area contributed by atoms with E-state index >= 15 is 0 Å². The Labute approximate surface area is 119 Å². The number of amides is 1. The monoisotopic (exact) mass is 266 g/mol. The summed E-state index contributed by atoms with van der Waals surface area (Å²) < 4.78 is 0. The zero-order chi connectivity index (χ0) is 13.9. The zero-order valence-electron chi connectivity index (χ0n) is 11.4. The maximum absolute atomic E-state index is 12.4. The van der Waals surface area contributed by atoms with E-state index in [2.05, 4.69) is 12.1 Å². The summed E-state index contributed by atoms with van der Waals surface area (Å²) in [6.07, 6.45) is 2.25. The van der Waals surface area contributed by atoms with Crippen molar-refractivity contribution in [1.82, 2.24) is 0 Å². The lowest BCUT2D eigenvalue weighted by atomic mass is 10.1. The fraction of sp³-hybridized carbons (Fsp3) is 0.235. The summed E-state index contributed by atoms with van der Waals surface area (Å²) in [4.78, 5) is 14.2. The predicted molar refractivity (Wildman–Crippen MR) is 81.7 cm³/mol. The maximum Gasteiger partial charge on any atom is 0.227 e. The Bertz CT molecular complexity index is 622. The molecule has 3 heteroatoms. The molecule has 0 saturated carbocycles. The number of fused-ring (bicyclic) bond motifs is 1. The summed E-state index contributed by atoms with van der Waals surface area (Å²) in [5.41, 5.74) is 9.94. The number of hydrogen-bond donors (Lipinski definition) is 1. The number of nitrogens with two attached hydrogens (primary N) is 1. The van der Waals surface area contributed by atoms with E-state index < -0.39 is 0 Å². The molecule has 3 rings (SSSR count). The smallest absolute Gasteiger partial charge is 0.227 e. The average molecular weight is 266 g/mol. The van der Waals surface area contributed by atoms with Crippen molar-refractivity contribution in [2.45, 2.75) is 19.3 Å². The number of hydrogen-bond acceptors (Lipinski definition) is 2. The van der Waals surface area contributed by atoms with Crippen LogP contribution in [0.4, 0.5) is 11.4 Å². The molecule has 1 aliphatic rings. The predicted octanol–water partition coefficient (Wildman–Crippen LogP) is 2.79. The van der Waals surface area contributed by atoms with Crippen molar-refractivity contribution in [1.29, 1.82) is 0 Å². The van der Waals surface area contributed by atoms with Crippen molar-refractivity contribution in [3.63, 3.8) is 0 Å². The highest BCUT2D eigenvalue weighted by Gasteiger charge is 2.24. The van der Waals surface area contributed by atoms with Gasteiger partial charge in [0.1, 0.15) is 0 Å². The molecule has 0 bridgehead atoms. The van der Waals surface area contributed by atoms with Crippen LogP contribution in [0.1, 0.15) is 17.5 Å². The van der Waals surface area contributed by atoms with E-state index in [1.807, 2.05) is 41.3 Å². The van der Waals surface area contributed by atoms with Crippen LogP contribution in [-0.2, 0) is 17.6 Å². The van der Waals surface area contributed by atoms with Crippen LogP contribution in [-0.4, -0.2) is 12.5 Å². The molecule has 0 fully saturated rings. The van der Waals surface area contributed by atoms with Crippen LogP contribution in [0, 0.1) is 0 Å². The summed E-state index contributed by atoms with van der Waals surface area (Å²) in [6.45, 7) is 0.770. The number of aryl methyl sites for hydroxylation is 1. The molecule has 0 atom stereocenters.